The van der Waals surface area contributed by atoms with Crippen LogP contribution in [0.2, 0.25) is 0 Å². The Bertz CT molecular complexity index is 2190. The number of anilines is 2. The molecule has 0 aliphatic rings. The van der Waals surface area contributed by atoms with Crippen LogP contribution in [0.3, 0.4) is 0 Å². The third-order valence-corrected chi connectivity index (χ3v) is 9.31. The Morgan fingerprint density at radius 1 is 0.588 bits per heavy atom. The maximum absolute atomic E-state index is 12.3. The largest absolute Gasteiger partial charge is 2.00 e. The minimum absolute atomic E-state index is 0. The van der Waals surface area contributed by atoms with Gasteiger partial charge in [-0.3, -0.25) is 19.4 Å². The molecule has 0 spiro atoms. The summed E-state index contributed by atoms with van der Waals surface area (Å²) in [4.78, 5) is 8.49. The van der Waals surface area contributed by atoms with Crippen LogP contribution in [0.15, 0.2) is 138 Å². The molecule has 14 nitrogen and oxygen atoms in total. The maximum atomic E-state index is 12.3. The van der Waals surface area contributed by atoms with Crippen LogP contribution in [0.1, 0.15) is 22.6 Å². The molecule has 0 radical (unpaired) electrons. The zero-order chi connectivity index (χ0) is 35.7. The number of nitrogens with one attached hydrogen (secondary N) is 2. The fraction of sp³-hybridized carbons (Fsp3) is 0.0588. The summed E-state index contributed by atoms with van der Waals surface area (Å²) in [6.07, 6.45) is 2.89. The van der Waals surface area contributed by atoms with Crippen LogP contribution < -0.4 is 19.7 Å². The second-order valence-corrected chi connectivity index (χ2v) is 13.8. The van der Waals surface area contributed by atoms with Crippen molar-refractivity contribution in [3.8, 4) is 11.5 Å². The first kappa shape index (κ1) is 38.2. The summed E-state index contributed by atoms with van der Waals surface area (Å²) in [5.41, 5.74) is 1.98. The molecule has 4 aromatic carbocycles. The Kier molecular flexibility index (Phi) is 12.6. The molecular weight excluding hydrogens is 750 g/mol. The van der Waals surface area contributed by atoms with E-state index in [0.29, 0.717) is 34.0 Å². The van der Waals surface area contributed by atoms with E-state index in [2.05, 4.69) is 29.7 Å². The number of aryl methyl sites for hydroxylation is 2. The number of sulfonamides is 2. The van der Waals surface area contributed by atoms with Crippen molar-refractivity contribution in [2.24, 2.45) is 9.98 Å². The zero-order valence-electron chi connectivity index (χ0n) is 27.1. The van der Waals surface area contributed by atoms with Gasteiger partial charge in [0, 0.05) is 24.6 Å². The quantitative estimate of drug-likeness (QED) is 0.137. The van der Waals surface area contributed by atoms with Gasteiger partial charge in [0.1, 0.15) is 11.5 Å². The number of rotatable bonds is 10. The fourth-order valence-electron chi connectivity index (χ4n) is 4.11. The van der Waals surface area contributed by atoms with Gasteiger partial charge in [-0.2, -0.15) is 0 Å². The number of hydrogen-bond acceptors (Lipinski definition) is 12. The van der Waals surface area contributed by atoms with Gasteiger partial charge in [-0.15, -0.1) is 11.5 Å². The first-order valence-corrected chi connectivity index (χ1v) is 17.6. The molecule has 2 aromatic heterocycles. The molecule has 17 heteroatoms. The Morgan fingerprint density at radius 2 is 0.941 bits per heavy atom. The molecule has 0 atom stereocenters. The third-order valence-electron chi connectivity index (χ3n) is 6.57. The van der Waals surface area contributed by atoms with Crippen LogP contribution in [-0.4, -0.2) is 39.6 Å². The van der Waals surface area contributed by atoms with E-state index >= 15 is 0 Å². The molecule has 6 aromatic rings. The van der Waals surface area contributed by atoms with Crippen LogP contribution in [-0.2, 0) is 39.5 Å². The van der Waals surface area contributed by atoms with Crippen LogP contribution in [0.5, 0.6) is 11.5 Å². The Labute approximate surface area is 306 Å². The van der Waals surface area contributed by atoms with Crippen LogP contribution in [0.25, 0.3) is 0 Å². The second-order valence-electron chi connectivity index (χ2n) is 10.4. The van der Waals surface area contributed by atoms with Gasteiger partial charge in [-0.1, -0.05) is 58.8 Å². The topological polar surface area (TPSA) is 215 Å². The number of hydrogen-bond donors (Lipinski definition) is 2. The van der Waals surface area contributed by atoms with E-state index in [1.807, 2.05) is 0 Å². The van der Waals surface area contributed by atoms with Crippen molar-refractivity contribution in [1.82, 2.24) is 10.3 Å². The molecule has 0 fully saturated rings. The van der Waals surface area contributed by atoms with Gasteiger partial charge in [0.15, 0.2) is 11.6 Å². The second kappa shape index (κ2) is 16.8. The van der Waals surface area contributed by atoms with Gasteiger partial charge >= 0.3 is 19.5 Å². The molecule has 0 amide bonds. The standard InChI is InChI=1S/2C17H15N3O4S.Zn/c2*1-12-10-17(19-24-12)20-25(22,23)15-8-6-14(7-9-15)18-11-13-4-2-3-5-16(13)21;/h2*2-11,21H,1H3,(H,19,20);/q;;+2/p-2. The van der Waals surface area contributed by atoms with Gasteiger partial charge in [0.25, 0.3) is 20.0 Å². The molecule has 0 aliphatic heterocycles. The summed E-state index contributed by atoms with van der Waals surface area (Å²) in [5.74, 6) is 0.982. The van der Waals surface area contributed by atoms with Crippen molar-refractivity contribution in [2.75, 3.05) is 9.44 Å². The van der Waals surface area contributed by atoms with E-state index in [1.54, 1.807) is 74.5 Å². The average Bonchev–Trinajstić information content (AvgIpc) is 3.70. The summed E-state index contributed by atoms with van der Waals surface area (Å²) in [5, 5.41) is 30.4. The predicted molar refractivity (Wildman–Crippen MR) is 183 cm³/mol. The summed E-state index contributed by atoms with van der Waals surface area (Å²) in [7, 11) is -7.53. The minimum atomic E-state index is -3.76. The molecule has 0 saturated carbocycles. The van der Waals surface area contributed by atoms with E-state index in [4.69, 9.17) is 9.05 Å². The van der Waals surface area contributed by atoms with E-state index in [9.17, 15) is 27.0 Å². The summed E-state index contributed by atoms with van der Waals surface area (Å²) in [6, 6.07) is 27.9. The smallest absolute Gasteiger partial charge is 0.872 e. The van der Waals surface area contributed by atoms with Crippen molar-refractivity contribution < 1.29 is 55.6 Å². The Hall–Kier alpha value is -5.64. The van der Waals surface area contributed by atoms with Crippen molar-refractivity contribution in [3.05, 3.63) is 132 Å². The average molecular weight is 778 g/mol. The molecule has 0 saturated heterocycles. The minimum Gasteiger partial charge on any atom is -0.872 e. The number of nitrogens with zero attached hydrogens (tertiary/aromatic N) is 4. The molecule has 51 heavy (non-hydrogen) atoms. The van der Waals surface area contributed by atoms with Gasteiger partial charge in [-0.25, -0.2) is 16.8 Å². The normalized spacial score (nSPS) is 11.5. The van der Waals surface area contributed by atoms with Gasteiger partial charge < -0.3 is 19.3 Å². The summed E-state index contributed by atoms with van der Waals surface area (Å²) in [6.45, 7) is 3.33. The third kappa shape index (κ3) is 10.7. The van der Waals surface area contributed by atoms with E-state index < -0.39 is 20.0 Å². The van der Waals surface area contributed by atoms with E-state index in [1.165, 1.54) is 61.0 Å². The number of aromatic nitrogens is 2. The van der Waals surface area contributed by atoms with E-state index in [0.717, 1.165) is 0 Å². The predicted octanol–water partition coefficient (Wildman–Crippen LogP) is 5.21. The van der Waals surface area contributed by atoms with E-state index in [-0.39, 0.29) is 52.4 Å². The molecule has 0 bridgehead atoms. The summed E-state index contributed by atoms with van der Waals surface area (Å²) >= 11 is 0. The molecule has 6 rings (SSSR count). The monoisotopic (exact) mass is 776 g/mol. The molecule has 0 aliphatic carbocycles. The van der Waals surface area contributed by atoms with Crippen molar-refractivity contribution in [2.45, 2.75) is 23.6 Å². The van der Waals surface area contributed by atoms with Crippen LogP contribution >= 0.6 is 0 Å². The first-order valence-electron chi connectivity index (χ1n) is 14.6. The van der Waals surface area contributed by atoms with Crippen molar-refractivity contribution in [1.29, 1.82) is 0 Å². The number of para-hydroxylation sites is 2. The molecule has 256 valence electrons. The Morgan fingerprint density at radius 3 is 1.25 bits per heavy atom. The molecule has 2 heterocycles. The Balaban J connectivity index is 0.000000224. The van der Waals surface area contributed by atoms with Crippen molar-refractivity contribution in [3.63, 3.8) is 0 Å². The fourth-order valence-corrected chi connectivity index (χ4v) is 6.07. The zero-order valence-corrected chi connectivity index (χ0v) is 31.7. The first-order chi connectivity index (χ1) is 23.9. The summed E-state index contributed by atoms with van der Waals surface area (Å²) < 4.78 is 63.4. The molecule has 0 unspecified atom stereocenters. The number of benzene rings is 4. The van der Waals surface area contributed by atoms with Crippen molar-refractivity contribution >= 4 is 55.5 Å². The van der Waals surface area contributed by atoms with Crippen LogP contribution in [0, 0.1) is 13.8 Å². The van der Waals surface area contributed by atoms with Gasteiger partial charge in [0.05, 0.1) is 21.2 Å². The van der Waals surface area contributed by atoms with Gasteiger partial charge in [-0.05, 0) is 73.5 Å². The molecular formula is C34H28N6O8S2Zn. The maximum Gasteiger partial charge on any atom is 2.00 e. The van der Waals surface area contributed by atoms with Crippen LogP contribution in [0.4, 0.5) is 23.0 Å². The van der Waals surface area contributed by atoms with Gasteiger partial charge in [0.2, 0.25) is 0 Å². The number of aliphatic imine (C=N–C) groups is 2. The SMILES string of the molecule is Cc1cc(NS(=O)(=O)c2ccc(N=Cc3ccccc3[O-])cc2)no1.Cc1cc(NS(=O)(=O)c2ccc(N=Cc3ccccc3[O-])cc2)no1.[Zn+2]. The molecule has 2 N–H and O–H groups in total.